The highest BCUT2D eigenvalue weighted by atomic mass is 32.1. The van der Waals surface area contributed by atoms with Crippen LogP contribution >= 0.6 is 11.3 Å². The van der Waals surface area contributed by atoms with Crippen molar-refractivity contribution in [3.63, 3.8) is 0 Å². The van der Waals surface area contributed by atoms with Gasteiger partial charge in [0.1, 0.15) is 5.82 Å². The third-order valence-electron chi connectivity index (χ3n) is 3.67. The van der Waals surface area contributed by atoms with Crippen LogP contribution in [0.3, 0.4) is 0 Å². The molecule has 0 unspecified atom stereocenters. The van der Waals surface area contributed by atoms with Crippen LogP contribution in [-0.4, -0.2) is 21.7 Å². The Hall–Kier alpha value is -3.26. The van der Waals surface area contributed by atoms with E-state index in [0.717, 1.165) is 11.3 Å². The Balaban J connectivity index is 1.67. The van der Waals surface area contributed by atoms with Crippen molar-refractivity contribution in [2.45, 2.75) is 13.5 Å². The third-order valence-corrected chi connectivity index (χ3v) is 4.40. The van der Waals surface area contributed by atoms with Gasteiger partial charge in [-0.1, -0.05) is 0 Å². The standard InChI is InChI=1S/C18H18N6OS/c1-11-6-13(2-4-21-11)17(20)14-9-22-16(7-15(14)19)24-18(25)23-8-12-3-5-26-10-12/h2-7,9-10,20H,8H2,1H3,(H4,19,22,23,24,25). The molecular weight excluding hydrogens is 348 g/mol. The van der Waals surface area contributed by atoms with Crippen LogP contribution in [0.2, 0.25) is 0 Å². The van der Waals surface area contributed by atoms with Gasteiger partial charge in [0.25, 0.3) is 0 Å². The summed E-state index contributed by atoms with van der Waals surface area (Å²) in [4.78, 5) is 20.3. The van der Waals surface area contributed by atoms with E-state index in [4.69, 9.17) is 11.1 Å². The summed E-state index contributed by atoms with van der Waals surface area (Å²) in [5, 5.41) is 17.6. The third kappa shape index (κ3) is 4.22. The summed E-state index contributed by atoms with van der Waals surface area (Å²) in [5.74, 6) is 0.327. The SMILES string of the molecule is Cc1cc(C(=N)c2cnc(NC(=O)NCc3ccsc3)cc2N)ccn1. The van der Waals surface area contributed by atoms with Gasteiger partial charge in [-0.2, -0.15) is 11.3 Å². The molecule has 3 aromatic heterocycles. The Labute approximate surface area is 154 Å². The van der Waals surface area contributed by atoms with Gasteiger partial charge in [0.2, 0.25) is 0 Å². The van der Waals surface area contributed by atoms with Gasteiger partial charge in [-0.25, -0.2) is 9.78 Å². The van der Waals surface area contributed by atoms with Crippen molar-refractivity contribution in [1.29, 1.82) is 5.41 Å². The number of nitrogen functional groups attached to an aromatic ring is 1. The molecule has 132 valence electrons. The first-order valence-corrected chi connectivity index (χ1v) is 8.80. The van der Waals surface area contributed by atoms with Crippen molar-refractivity contribution in [1.82, 2.24) is 15.3 Å². The number of carbonyl (C=O) groups is 1. The molecule has 0 saturated carbocycles. The van der Waals surface area contributed by atoms with Gasteiger partial charge in [-0.15, -0.1) is 0 Å². The summed E-state index contributed by atoms with van der Waals surface area (Å²) < 4.78 is 0. The average Bonchev–Trinajstić information content (AvgIpc) is 3.13. The number of carbonyl (C=O) groups excluding carboxylic acids is 1. The van der Waals surface area contributed by atoms with Crippen LogP contribution < -0.4 is 16.4 Å². The lowest BCUT2D eigenvalue weighted by molar-refractivity contribution is 0.251. The average molecular weight is 366 g/mol. The number of thiophene rings is 1. The number of aromatic nitrogens is 2. The molecule has 3 rings (SSSR count). The van der Waals surface area contributed by atoms with E-state index in [0.29, 0.717) is 29.2 Å². The largest absolute Gasteiger partial charge is 0.398 e. The molecule has 0 atom stereocenters. The predicted molar refractivity (Wildman–Crippen MR) is 104 cm³/mol. The summed E-state index contributed by atoms with van der Waals surface area (Å²) >= 11 is 1.58. The Bertz CT molecular complexity index is 939. The molecule has 0 bridgehead atoms. The first-order valence-electron chi connectivity index (χ1n) is 7.86. The molecule has 0 fully saturated rings. The molecule has 0 aliphatic carbocycles. The van der Waals surface area contributed by atoms with Crippen molar-refractivity contribution >= 4 is 34.6 Å². The number of nitrogens with one attached hydrogen (secondary N) is 3. The molecule has 26 heavy (non-hydrogen) atoms. The van der Waals surface area contributed by atoms with Crippen LogP contribution in [0.5, 0.6) is 0 Å². The van der Waals surface area contributed by atoms with Crippen LogP contribution in [0.4, 0.5) is 16.3 Å². The smallest absolute Gasteiger partial charge is 0.320 e. The van der Waals surface area contributed by atoms with Crippen LogP contribution in [0, 0.1) is 12.3 Å². The number of pyridine rings is 2. The second kappa shape index (κ2) is 7.75. The van der Waals surface area contributed by atoms with Crippen molar-refractivity contribution in [2.75, 3.05) is 11.1 Å². The first-order chi connectivity index (χ1) is 12.5. The summed E-state index contributed by atoms with van der Waals surface area (Å²) in [7, 11) is 0. The maximum Gasteiger partial charge on any atom is 0.320 e. The maximum atomic E-state index is 11.9. The molecule has 0 radical (unpaired) electrons. The molecule has 3 heterocycles. The quantitative estimate of drug-likeness (QED) is 0.519. The Kier molecular flexibility index (Phi) is 5.23. The van der Waals surface area contributed by atoms with Gasteiger partial charge in [0.15, 0.2) is 0 Å². The zero-order valence-electron chi connectivity index (χ0n) is 14.1. The van der Waals surface area contributed by atoms with E-state index in [1.54, 1.807) is 29.7 Å². The molecule has 5 N–H and O–H groups in total. The Morgan fingerprint density at radius 3 is 2.85 bits per heavy atom. The number of hydrogen-bond acceptors (Lipinski definition) is 6. The zero-order chi connectivity index (χ0) is 18.5. The fraction of sp³-hybridized carbons (Fsp3) is 0.111. The number of nitrogens with two attached hydrogens (primary N) is 1. The van der Waals surface area contributed by atoms with Gasteiger partial charge >= 0.3 is 6.03 Å². The number of anilines is 2. The summed E-state index contributed by atoms with van der Waals surface area (Å²) in [5.41, 5.74) is 9.75. The van der Waals surface area contributed by atoms with E-state index >= 15 is 0 Å². The molecule has 0 aliphatic heterocycles. The summed E-state index contributed by atoms with van der Waals surface area (Å²) in [6, 6.07) is 6.69. The highest BCUT2D eigenvalue weighted by Gasteiger charge is 2.12. The topological polar surface area (TPSA) is 117 Å². The summed E-state index contributed by atoms with van der Waals surface area (Å²) in [6.45, 7) is 2.30. The Morgan fingerprint density at radius 1 is 1.31 bits per heavy atom. The lowest BCUT2D eigenvalue weighted by Crippen LogP contribution is -2.28. The van der Waals surface area contributed by atoms with E-state index in [-0.39, 0.29) is 11.7 Å². The predicted octanol–water partition coefficient (Wildman–Crippen LogP) is 3.17. The molecule has 0 aliphatic rings. The molecule has 0 spiro atoms. The van der Waals surface area contributed by atoms with Gasteiger partial charge in [0.05, 0.1) is 5.71 Å². The Morgan fingerprint density at radius 2 is 2.15 bits per heavy atom. The van der Waals surface area contributed by atoms with Crippen LogP contribution in [0.25, 0.3) is 0 Å². The fourth-order valence-electron chi connectivity index (χ4n) is 2.34. The lowest BCUT2D eigenvalue weighted by atomic mass is 10.0. The second-order valence-corrected chi connectivity index (χ2v) is 6.44. The lowest BCUT2D eigenvalue weighted by Gasteiger charge is -2.11. The molecule has 2 amide bonds. The number of nitrogens with zero attached hydrogens (tertiary/aromatic N) is 2. The van der Waals surface area contributed by atoms with Crippen molar-refractivity contribution in [3.05, 3.63) is 69.8 Å². The van der Waals surface area contributed by atoms with Gasteiger partial charge in [-0.05, 0) is 41.4 Å². The highest BCUT2D eigenvalue weighted by Crippen LogP contribution is 2.19. The van der Waals surface area contributed by atoms with Gasteiger partial charge < -0.3 is 11.1 Å². The second-order valence-electron chi connectivity index (χ2n) is 5.66. The van der Waals surface area contributed by atoms with Crippen LogP contribution in [-0.2, 0) is 6.54 Å². The van der Waals surface area contributed by atoms with Crippen molar-refractivity contribution < 1.29 is 4.79 Å². The molecule has 3 aromatic rings. The van der Waals surface area contributed by atoms with E-state index in [1.807, 2.05) is 29.8 Å². The number of urea groups is 1. The molecular formula is C18H18N6OS. The maximum absolute atomic E-state index is 11.9. The first kappa shape index (κ1) is 17.6. The molecule has 0 aromatic carbocycles. The van der Waals surface area contributed by atoms with Gasteiger partial charge in [-0.3, -0.25) is 15.7 Å². The number of hydrogen-bond donors (Lipinski definition) is 4. The molecule has 0 saturated heterocycles. The van der Waals surface area contributed by atoms with E-state index in [2.05, 4.69) is 20.6 Å². The number of rotatable bonds is 5. The van der Waals surface area contributed by atoms with E-state index in [9.17, 15) is 4.79 Å². The monoisotopic (exact) mass is 366 g/mol. The fourth-order valence-corrected chi connectivity index (χ4v) is 3.01. The highest BCUT2D eigenvalue weighted by molar-refractivity contribution is 7.07. The summed E-state index contributed by atoms with van der Waals surface area (Å²) in [6.07, 6.45) is 3.14. The minimum Gasteiger partial charge on any atom is -0.398 e. The minimum atomic E-state index is -0.365. The van der Waals surface area contributed by atoms with Crippen molar-refractivity contribution in [2.24, 2.45) is 0 Å². The van der Waals surface area contributed by atoms with Gasteiger partial charge in [0, 0.05) is 47.5 Å². The number of amides is 2. The normalized spacial score (nSPS) is 10.3. The molecule has 8 heteroatoms. The number of aryl methyl sites for hydroxylation is 1. The van der Waals surface area contributed by atoms with Crippen molar-refractivity contribution in [3.8, 4) is 0 Å². The van der Waals surface area contributed by atoms with Crippen LogP contribution in [0.1, 0.15) is 22.4 Å². The zero-order valence-corrected chi connectivity index (χ0v) is 14.9. The molecule has 7 nitrogen and oxygen atoms in total. The van der Waals surface area contributed by atoms with E-state index in [1.165, 1.54) is 6.20 Å². The minimum absolute atomic E-state index is 0.258. The van der Waals surface area contributed by atoms with E-state index < -0.39 is 0 Å². The van der Waals surface area contributed by atoms with Crippen LogP contribution in [0.15, 0.2) is 47.4 Å².